The number of fused-ring (bicyclic) bond motifs is 1. The van der Waals surface area contributed by atoms with Gasteiger partial charge in [-0.15, -0.1) is 0 Å². The van der Waals surface area contributed by atoms with Gasteiger partial charge in [-0.1, -0.05) is 13.5 Å². The van der Waals surface area contributed by atoms with Gasteiger partial charge in [0, 0.05) is 24.7 Å². The molecule has 366 valence electrons. The van der Waals surface area contributed by atoms with E-state index in [-0.39, 0.29) is 78.8 Å². The summed E-state index contributed by atoms with van der Waals surface area (Å²) >= 11 is -5.45. The molecular weight excluding hydrogens is 928 g/mol. The smallest absolute Gasteiger partial charge is 0.254 e. The minimum absolute atomic E-state index is 0.131. The minimum Gasteiger partial charge on any atom is -0.352 e. The third-order valence-corrected chi connectivity index (χ3v) is 24.8. The van der Waals surface area contributed by atoms with Crippen molar-refractivity contribution < 1.29 is 42.7 Å². The molecule has 2 unspecified atom stereocenters. The number of ether oxygens (including phenoxy) is 1. The Hall–Kier alpha value is -3.19. The van der Waals surface area contributed by atoms with Crippen LogP contribution in [-0.2, 0) is 44.7 Å². The number of ketones is 1. The van der Waals surface area contributed by atoms with Gasteiger partial charge in [-0.05, 0) is 34.1 Å². The zero-order valence-electron chi connectivity index (χ0n) is 41.5. The molecule has 3 saturated heterocycles. The normalized spacial score (nSPS) is 25.9. The van der Waals surface area contributed by atoms with Crippen LogP contribution in [0.5, 0.6) is 0 Å². The number of Topliss-reactive ketones (excluding diaryl/α,β-unsaturated/α-hetero) is 1. The molecule has 16 nitrogen and oxygen atoms in total. The van der Waals surface area contributed by atoms with E-state index >= 15 is 0 Å². The Morgan fingerprint density at radius 2 is 1.61 bits per heavy atom. The number of carbonyl (C=O) groups is 2. The third kappa shape index (κ3) is 9.82. The van der Waals surface area contributed by atoms with Crippen molar-refractivity contribution >= 4 is 55.0 Å². The average molecular weight is 1000 g/mol. The van der Waals surface area contributed by atoms with Crippen LogP contribution in [0.4, 0.5) is 5.69 Å². The van der Waals surface area contributed by atoms with Crippen LogP contribution in [-0.4, -0.2) is 101 Å². The number of carbonyl (C=O) groups excluding carboxylic acids is 2. The van der Waals surface area contributed by atoms with Gasteiger partial charge in [0.05, 0.1) is 12.2 Å². The van der Waals surface area contributed by atoms with Crippen molar-refractivity contribution in [1.82, 2.24) is 14.9 Å². The average Bonchev–Trinajstić information content (AvgIpc) is 3.71. The molecule has 18 heteroatoms. The Morgan fingerprint density at radius 3 is 2.15 bits per heavy atom. The maximum atomic E-state index is 13.6. The van der Waals surface area contributed by atoms with Gasteiger partial charge < -0.3 is 28.8 Å². The van der Waals surface area contributed by atoms with Gasteiger partial charge in [0.15, 0.2) is 0 Å². The largest absolute Gasteiger partial charge is 0.352 e. The van der Waals surface area contributed by atoms with Gasteiger partial charge in [-0.2, -0.15) is 0 Å². The summed E-state index contributed by atoms with van der Waals surface area (Å²) in [7, 11) is -1.47. The molecule has 5 heterocycles. The van der Waals surface area contributed by atoms with E-state index in [1.807, 2.05) is 67.2 Å². The van der Waals surface area contributed by atoms with Gasteiger partial charge in [-0.3, -0.25) is 4.79 Å². The standard InChI is InChI=1S/C48H73AsN5O11P/c1-17-39-41(61-66(58-23-22-51-16)54(29(2)3)30(4)5)27-42(59-39)53-28-33(43(56)52-32(53)7)20-18-19-21-34(55)24-36-31(6)35-25-37(38(50)26-40(35)60-44(36)57)49(62-45(8,9)46(10,11)63-49)64-47(12,13)48(14,15)65-49/h25-26,28-30,39,41-42H,7,17-24,27,50H2,1-6,8-15H3,(H,52,56)/t39-,41?,42-,66?/m1/s1. The fourth-order valence-corrected chi connectivity index (χ4v) is 22.2. The van der Waals surface area contributed by atoms with E-state index < -0.39 is 56.6 Å². The number of nitrogen functional groups attached to an aromatic ring is 1. The molecule has 0 saturated carbocycles. The third-order valence-electron chi connectivity index (χ3n) is 13.7. The number of hydrogen-bond donors (Lipinski definition) is 2. The first-order chi connectivity index (χ1) is 30.6. The molecule has 0 aliphatic carbocycles. The summed E-state index contributed by atoms with van der Waals surface area (Å²) in [6.07, 6.45) is 3.57. The number of nitrogens with two attached hydrogens (primary N) is 1. The zero-order chi connectivity index (χ0) is 49.0. The summed E-state index contributed by atoms with van der Waals surface area (Å²) in [5, 5.41) is 3.46. The van der Waals surface area contributed by atoms with Crippen LogP contribution in [0.15, 0.2) is 45.5 Å². The molecule has 1 amide bonds. The number of hydrogen-bond acceptors (Lipinski definition) is 14. The van der Waals surface area contributed by atoms with Crippen LogP contribution in [0.1, 0.15) is 140 Å². The summed E-state index contributed by atoms with van der Waals surface area (Å²) in [5.74, 6) is 0.0201. The molecule has 1 spiro atoms. The molecule has 4 aliphatic rings. The second-order valence-electron chi connectivity index (χ2n) is 20.4. The van der Waals surface area contributed by atoms with Crippen LogP contribution in [0.2, 0.25) is 0 Å². The van der Waals surface area contributed by atoms with E-state index in [9.17, 15) is 14.4 Å². The van der Waals surface area contributed by atoms with Gasteiger partial charge in [0.1, 0.15) is 18.7 Å². The number of benzene rings is 1. The Morgan fingerprint density at radius 1 is 1.02 bits per heavy atom. The molecule has 3 fully saturated rings. The molecule has 2 aromatic rings. The molecule has 1 aromatic carbocycles. The first kappa shape index (κ1) is 52.2. The van der Waals surface area contributed by atoms with Crippen molar-refractivity contribution in [2.45, 2.75) is 195 Å². The van der Waals surface area contributed by atoms with E-state index in [4.69, 9.17) is 45.4 Å². The molecule has 3 N–H and O–H groups in total. The van der Waals surface area contributed by atoms with Gasteiger partial charge in [-0.25, -0.2) is 11.2 Å². The number of amides is 1. The van der Waals surface area contributed by atoms with Crippen molar-refractivity contribution in [3.63, 3.8) is 0 Å². The number of rotatable bonds is 18. The number of unbranched alkanes of at least 4 members (excludes halogenated alkanes) is 1. The summed E-state index contributed by atoms with van der Waals surface area (Å²) < 4.78 is 55.8. The second-order valence-corrected chi connectivity index (χ2v) is 27.8. The Kier molecular flexibility index (Phi) is 15.0. The Balaban J connectivity index is 1.14. The first-order valence-corrected chi connectivity index (χ1v) is 28.4. The van der Waals surface area contributed by atoms with Crippen LogP contribution >= 0.6 is 8.53 Å². The van der Waals surface area contributed by atoms with E-state index in [0.717, 1.165) is 0 Å². The first-order valence-electron chi connectivity index (χ1n) is 23.2. The summed E-state index contributed by atoms with van der Waals surface area (Å²) in [4.78, 5) is 45.5. The van der Waals surface area contributed by atoms with Crippen molar-refractivity contribution in [1.29, 1.82) is 0 Å². The summed E-state index contributed by atoms with van der Waals surface area (Å²) in [5.41, 5.74) is 4.74. The molecule has 6 rings (SSSR count). The fourth-order valence-electron chi connectivity index (χ4n) is 8.97. The van der Waals surface area contributed by atoms with Crippen molar-refractivity contribution in [2.24, 2.45) is 0 Å². The molecule has 4 aliphatic heterocycles. The van der Waals surface area contributed by atoms with E-state index in [1.54, 1.807) is 25.3 Å². The predicted octanol–water partition coefficient (Wildman–Crippen LogP) is 8.14. The van der Waals surface area contributed by atoms with Crippen molar-refractivity contribution in [3.8, 4) is 0 Å². The van der Waals surface area contributed by atoms with Gasteiger partial charge in [0.2, 0.25) is 6.54 Å². The van der Waals surface area contributed by atoms with E-state index in [0.29, 0.717) is 58.8 Å². The quantitative estimate of drug-likeness (QED) is 0.0365. The van der Waals surface area contributed by atoms with Gasteiger partial charge >= 0.3 is 227 Å². The minimum atomic E-state index is -5.45. The van der Waals surface area contributed by atoms with Crippen molar-refractivity contribution in [3.05, 3.63) is 69.3 Å². The molecule has 4 atom stereocenters. The van der Waals surface area contributed by atoms with Crippen LogP contribution in [0, 0.1) is 13.5 Å². The van der Waals surface area contributed by atoms with Crippen LogP contribution in [0.3, 0.4) is 0 Å². The van der Waals surface area contributed by atoms with Crippen molar-refractivity contribution in [2.75, 3.05) is 18.9 Å². The maximum Gasteiger partial charge on any atom is 0.254 e. The Labute approximate surface area is 394 Å². The van der Waals surface area contributed by atoms with Gasteiger partial charge in [0.25, 0.3) is 14.4 Å². The SMILES string of the molecule is [C-]#[N+]CCOP(OC1C[C@H](N2C=C(CCCCC(=O)Cc3c(C)c4cc([As]56(OC(C)(C)C(C)(C)O5)OC(C)(C)C(C)(C)O6)c(N)cc4oc3=O)C(=O)NC2=C)O[C@@H]1CC)N(C(C)C)C(C)C. The monoisotopic (exact) mass is 1000 g/mol. The molecule has 66 heavy (non-hydrogen) atoms. The molecule has 0 radical (unpaired) electrons. The maximum absolute atomic E-state index is 13.6. The topological polar surface area (TPSA) is 178 Å². The zero-order valence-corrected chi connectivity index (χ0v) is 44.3. The molecular formula is C48H73AsN5O11P. The number of nitrogens with zero attached hydrogens (tertiary/aromatic N) is 3. The molecule has 0 bridgehead atoms. The number of anilines is 1. The molecule has 1 aromatic heterocycles. The number of nitrogens with one attached hydrogen (secondary N) is 1. The number of aryl methyl sites for hydroxylation is 1. The fraction of sp³-hybridized carbons (Fsp3) is 0.667. The second kappa shape index (κ2) is 19.0. The van der Waals surface area contributed by atoms with E-state index in [2.05, 4.69) is 49.1 Å². The Bertz CT molecular complexity index is 2270. The van der Waals surface area contributed by atoms with Crippen LogP contribution < -0.4 is 21.0 Å². The predicted molar refractivity (Wildman–Crippen MR) is 257 cm³/mol. The van der Waals surface area contributed by atoms with Crippen LogP contribution in [0.25, 0.3) is 15.8 Å². The summed E-state index contributed by atoms with van der Waals surface area (Å²) in [6, 6.07) is 3.69. The van der Waals surface area contributed by atoms with E-state index in [1.165, 1.54) is 0 Å². The summed E-state index contributed by atoms with van der Waals surface area (Å²) in [6.45, 7) is 39.6.